The van der Waals surface area contributed by atoms with Gasteiger partial charge < -0.3 is 15.6 Å². The lowest BCUT2D eigenvalue weighted by Gasteiger charge is -2.23. The Morgan fingerprint density at radius 3 is 2.41 bits per heavy atom. The molecule has 0 heterocycles. The van der Waals surface area contributed by atoms with Crippen molar-refractivity contribution in [3.8, 4) is 0 Å². The summed E-state index contributed by atoms with van der Waals surface area (Å²) in [5.41, 5.74) is 3.53. The summed E-state index contributed by atoms with van der Waals surface area (Å²) in [4.78, 5) is 23.2. The third-order valence-electron chi connectivity index (χ3n) is 3.61. The zero-order valence-corrected chi connectivity index (χ0v) is 14.8. The highest BCUT2D eigenvalue weighted by atomic mass is 32.2. The highest BCUT2D eigenvalue weighted by Crippen LogP contribution is 2.13. The highest BCUT2D eigenvalue weighted by molar-refractivity contribution is 7.89. The quantitative estimate of drug-likeness (QED) is 0.440. The fourth-order valence-corrected chi connectivity index (χ4v) is 3.12. The minimum Gasteiger partial charge on any atom is -0.479 e. The van der Waals surface area contributed by atoms with E-state index < -0.39 is 44.8 Å². The molecule has 2 aromatic rings. The monoisotopic (exact) mass is 396 g/mol. The number of nitrogens with one attached hydrogen (secondary N) is 1. The van der Waals surface area contributed by atoms with Crippen LogP contribution in [-0.2, 0) is 31.0 Å². The van der Waals surface area contributed by atoms with Crippen LogP contribution in [-0.4, -0.2) is 37.5 Å². The van der Waals surface area contributed by atoms with Gasteiger partial charge in [0.1, 0.15) is 12.4 Å². The summed E-state index contributed by atoms with van der Waals surface area (Å²) >= 11 is 0. The number of benzene rings is 2. The predicted molar refractivity (Wildman–Crippen MR) is 92.4 cm³/mol. The van der Waals surface area contributed by atoms with Crippen LogP contribution >= 0.6 is 0 Å². The summed E-state index contributed by atoms with van der Waals surface area (Å²) in [6, 6.07) is 12.5. The number of rotatable bonds is 8. The molecule has 2 rings (SSSR count). The standard InChI is InChI=1S/C17H17FN2O6S/c18-13-7-4-8-14(9-13)27(24,25)20-11-17(19,15(21)22)16(23)26-10-12-5-2-1-3-6-12/h1-9,20H,10-11,19H2,(H,21,22). The molecule has 0 aliphatic rings. The van der Waals surface area contributed by atoms with Gasteiger partial charge in [0, 0.05) is 0 Å². The summed E-state index contributed by atoms with van der Waals surface area (Å²) in [5.74, 6) is -3.89. The molecule has 0 saturated carbocycles. The molecular weight excluding hydrogens is 379 g/mol. The van der Waals surface area contributed by atoms with Crippen LogP contribution in [0.1, 0.15) is 5.56 Å². The number of aliphatic carboxylic acids is 1. The summed E-state index contributed by atoms with van der Waals surface area (Å²) in [6.45, 7) is -1.21. The SMILES string of the molecule is NC(CNS(=O)(=O)c1cccc(F)c1)(C(=O)O)C(=O)OCc1ccccc1. The third kappa shape index (κ3) is 5.09. The number of nitrogens with two attached hydrogens (primary N) is 1. The first-order valence-electron chi connectivity index (χ1n) is 7.64. The molecule has 144 valence electrons. The Hall–Kier alpha value is -2.82. The molecule has 4 N–H and O–H groups in total. The van der Waals surface area contributed by atoms with Crippen LogP contribution in [0.25, 0.3) is 0 Å². The second-order valence-corrected chi connectivity index (χ2v) is 7.39. The van der Waals surface area contributed by atoms with Crippen LogP contribution in [0.4, 0.5) is 4.39 Å². The van der Waals surface area contributed by atoms with Crippen molar-refractivity contribution >= 4 is 22.0 Å². The molecule has 0 fully saturated rings. The van der Waals surface area contributed by atoms with E-state index in [4.69, 9.17) is 10.5 Å². The molecule has 27 heavy (non-hydrogen) atoms. The number of carboxylic acid groups (broad SMARTS) is 1. The topological polar surface area (TPSA) is 136 Å². The lowest BCUT2D eigenvalue weighted by atomic mass is 10.0. The molecular formula is C17H17FN2O6S. The van der Waals surface area contributed by atoms with E-state index in [1.807, 2.05) is 4.72 Å². The van der Waals surface area contributed by atoms with Gasteiger partial charge >= 0.3 is 11.9 Å². The number of halogens is 1. The van der Waals surface area contributed by atoms with Crippen molar-refractivity contribution in [2.24, 2.45) is 5.73 Å². The number of hydrogen-bond acceptors (Lipinski definition) is 6. The molecule has 0 radical (unpaired) electrons. The van der Waals surface area contributed by atoms with Crippen LogP contribution in [0.3, 0.4) is 0 Å². The molecule has 0 bridgehead atoms. The van der Waals surface area contributed by atoms with Crippen molar-refractivity contribution in [3.63, 3.8) is 0 Å². The number of hydrogen-bond donors (Lipinski definition) is 3. The van der Waals surface area contributed by atoms with E-state index in [1.54, 1.807) is 30.3 Å². The number of sulfonamides is 1. The molecule has 0 aromatic heterocycles. The minimum absolute atomic E-state index is 0.234. The van der Waals surface area contributed by atoms with Gasteiger partial charge in [-0.05, 0) is 23.8 Å². The van der Waals surface area contributed by atoms with Gasteiger partial charge in [0.15, 0.2) is 0 Å². The molecule has 8 nitrogen and oxygen atoms in total. The summed E-state index contributed by atoms with van der Waals surface area (Å²) in [7, 11) is -4.29. The number of carbonyl (C=O) groups is 2. The van der Waals surface area contributed by atoms with E-state index in [0.29, 0.717) is 5.56 Å². The fraction of sp³-hybridized carbons (Fsp3) is 0.176. The van der Waals surface area contributed by atoms with E-state index >= 15 is 0 Å². The van der Waals surface area contributed by atoms with Crippen molar-refractivity contribution in [2.45, 2.75) is 17.0 Å². The van der Waals surface area contributed by atoms with Crippen LogP contribution in [0.2, 0.25) is 0 Å². The normalized spacial score (nSPS) is 13.6. The molecule has 2 aromatic carbocycles. The van der Waals surface area contributed by atoms with Crippen molar-refractivity contribution in [1.82, 2.24) is 4.72 Å². The van der Waals surface area contributed by atoms with E-state index in [-0.39, 0.29) is 6.61 Å². The van der Waals surface area contributed by atoms with Gasteiger partial charge in [-0.1, -0.05) is 36.4 Å². The summed E-state index contributed by atoms with van der Waals surface area (Å²) < 4.78 is 44.4. The largest absolute Gasteiger partial charge is 0.479 e. The Labute approximate surface area is 154 Å². The zero-order chi connectivity index (χ0) is 20.1. The molecule has 10 heteroatoms. The Bertz CT molecular complexity index is 935. The van der Waals surface area contributed by atoms with Crippen LogP contribution in [0, 0.1) is 5.82 Å². The maximum Gasteiger partial charge on any atom is 0.339 e. The van der Waals surface area contributed by atoms with Gasteiger partial charge in [0.25, 0.3) is 0 Å². The fourth-order valence-electron chi connectivity index (χ4n) is 2.01. The van der Waals surface area contributed by atoms with E-state index in [1.165, 1.54) is 6.07 Å². The Kier molecular flexibility index (Phi) is 6.26. The minimum atomic E-state index is -4.29. The number of ether oxygens (including phenoxy) is 1. The Balaban J connectivity index is 2.11. The third-order valence-corrected chi connectivity index (χ3v) is 5.00. The van der Waals surface area contributed by atoms with Gasteiger partial charge in [0.2, 0.25) is 15.6 Å². The van der Waals surface area contributed by atoms with Crippen molar-refractivity contribution < 1.29 is 32.2 Å². The maximum atomic E-state index is 13.2. The van der Waals surface area contributed by atoms with Gasteiger partial charge in [-0.25, -0.2) is 27.1 Å². The summed E-state index contributed by atoms with van der Waals surface area (Å²) in [5, 5.41) is 9.29. The molecule has 0 amide bonds. The molecule has 0 saturated heterocycles. The number of carbonyl (C=O) groups excluding carboxylic acids is 1. The Morgan fingerprint density at radius 1 is 1.15 bits per heavy atom. The molecule has 1 atom stereocenters. The molecule has 0 spiro atoms. The maximum absolute atomic E-state index is 13.2. The van der Waals surface area contributed by atoms with Crippen molar-refractivity contribution in [3.05, 3.63) is 66.0 Å². The van der Waals surface area contributed by atoms with Crippen LogP contribution in [0.5, 0.6) is 0 Å². The second-order valence-electron chi connectivity index (χ2n) is 5.62. The predicted octanol–water partition coefficient (Wildman–Crippen LogP) is 0.630. The number of esters is 1. The first-order valence-corrected chi connectivity index (χ1v) is 9.12. The molecule has 1 unspecified atom stereocenters. The summed E-state index contributed by atoms with van der Waals surface area (Å²) in [6.07, 6.45) is 0. The van der Waals surface area contributed by atoms with Crippen LogP contribution < -0.4 is 10.5 Å². The first kappa shape index (κ1) is 20.5. The second kappa shape index (κ2) is 8.25. The van der Waals surface area contributed by atoms with Gasteiger partial charge in [-0.2, -0.15) is 0 Å². The Morgan fingerprint density at radius 2 is 1.81 bits per heavy atom. The number of carboxylic acids is 1. The smallest absolute Gasteiger partial charge is 0.339 e. The van der Waals surface area contributed by atoms with E-state index in [2.05, 4.69) is 0 Å². The average molecular weight is 396 g/mol. The average Bonchev–Trinajstić information content (AvgIpc) is 2.65. The molecule has 0 aliphatic heterocycles. The lowest BCUT2D eigenvalue weighted by molar-refractivity contribution is -0.161. The highest BCUT2D eigenvalue weighted by Gasteiger charge is 2.45. The van der Waals surface area contributed by atoms with Crippen molar-refractivity contribution in [2.75, 3.05) is 6.54 Å². The first-order chi connectivity index (χ1) is 12.6. The van der Waals surface area contributed by atoms with Gasteiger partial charge in [-0.3, -0.25) is 0 Å². The van der Waals surface area contributed by atoms with Gasteiger partial charge in [0.05, 0.1) is 11.4 Å². The van der Waals surface area contributed by atoms with Crippen LogP contribution in [0.15, 0.2) is 59.5 Å². The van der Waals surface area contributed by atoms with Gasteiger partial charge in [-0.15, -0.1) is 0 Å². The van der Waals surface area contributed by atoms with Crippen molar-refractivity contribution in [1.29, 1.82) is 0 Å². The van der Waals surface area contributed by atoms with E-state index in [9.17, 15) is 27.5 Å². The molecule has 0 aliphatic carbocycles. The zero-order valence-electron chi connectivity index (χ0n) is 14.0. The lowest BCUT2D eigenvalue weighted by Crippen LogP contribution is -2.62. The van der Waals surface area contributed by atoms with E-state index in [0.717, 1.165) is 18.2 Å².